The van der Waals surface area contributed by atoms with Gasteiger partial charge in [0.2, 0.25) is 5.91 Å². The van der Waals surface area contributed by atoms with E-state index in [-0.39, 0.29) is 11.7 Å². The lowest BCUT2D eigenvalue weighted by Gasteiger charge is -2.08. The number of anilines is 1. The summed E-state index contributed by atoms with van der Waals surface area (Å²) in [7, 11) is 3.21. The van der Waals surface area contributed by atoms with Crippen LogP contribution >= 0.6 is 23.1 Å². The second-order valence-electron chi connectivity index (χ2n) is 5.75. The number of imidazole rings is 1. The Labute approximate surface area is 165 Å². The molecule has 1 aromatic carbocycles. The molecule has 0 fully saturated rings. The monoisotopic (exact) mass is 401 g/mol. The number of ether oxygens (including phenoxy) is 1. The van der Waals surface area contributed by atoms with E-state index in [4.69, 9.17) is 4.74 Å². The first-order chi connectivity index (χ1) is 13.0. The van der Waals surface area contributed by atoms with Gasteiger partial charge in [-0.1, -0.05) is 42.1 Å². The summed E-state index contributed by atoms with van der Waals surface area (Å²) in [5.74, 6) is -0.470. The molecular weight excluding hydrogens is 382 g/mol. The van der Waals surface area contributed by atoms with Gasteiger partial charge in [0.05, 0.1) is 12.9 Å². The van der Waals surface area contributed by atoms with Gasteiger partial charge >= 0.3 is 5.97 Å². The van der Waals surface area contributed by atoms with Gasteiger partial charge in [-0.15, -0.1) is 11.3 Å². The zero-order chi connectivity index (χ0) is 19.4. The van der Waals surface area contributed by atoms with Crippen LogP contribution in [0, 0.1) is 6.92 Å². The Kier molecular flexibility index (Phi) is 5.98. The van der Waals surface area contributed by atoms with Gasteiger partial charge in [0, 0.05) is 29.9 Å². The Bertz CT molecular complexity index is 964. The van der Waals surface area contributed by atoms with E-state index in [2.05, 4.69) is 10.3 Å². The summed E-state index contributed by atoms with van der Waals surface area (Å²) in [6.45, 7) is 1.93. The highest BCUT2D eigenvalue weighted by Crippen LogP contribution is 2.40. The van der Waals surface area contributed by atoms with Crippen molar-refractivity contribution in [3.63, 3.8) is 0 Å². The molecule has 3 aromatic rings. The molecule has 2 aromatic heterocycles. The minimum atomic E-state index is -0.467. The minimum absolute atomic E-state index is 0.198. The molecule has 6 nitrogen and oxygen atoms in total. The molecule has 8 heteroatoms. The highest BCUT2D eigenvalue weighted by atomic mass is 32.2. The number of hydrogen-bond donors (Lipinski definition) is 1. The quantitative estimate of drug-likeness (QED) is 0.500. The van der Waals surface area contributed by atoms with E-state index >= 15 is 0 Å². The third-order valence-electron chi connectivity index (χ3n) is 3.90. The number of aromatic nitrogens is 2. The molecule has 1 N–H and O–H groups in total. The van der Waals surface area contributed by atoms with Crippen LogP contribution in [0.4, 0.5) is 5.00 Å². The molecule has 0 atom stereocenters. The first-order valence-electron chi connectivity index (χ1n) is 8.18. The highest BCUT2D eigenvalue weighted by Gasteiger charge is 2.25. The number of carbonyl (C=O) groups excluding carboxylic acids is 2. The van der Waals surface area contributed by atoms with Crippen LogP contribution in [0.25, 0.3) is 11.1 Å². The molecule has 0 bridgehead atoms. The number of nitrogens with one attached hydrogen (secondary N) is 1. The SMILES string of the molecule is COC(=O)c1c(NC(=O)CSc2nccn2C)sc(C)c1-c1ccccc1. The Balaban J connectivity index is 1.85. The number of rotatable bonds is 6. The lowest BCUT2D eigenvalue weighted by molar-refractivity contribution is -0.113. The van der Waals surface area contributed by atoms with Crippen LogP contribution in [0.5, 0.6) is 0 Å². The number of esters is 1. The van der Waals surface area contributed by atoms with E-state index in [9.17, 15) is 9.59 Å². The molecule has 0 aliphatic carbocycles. The first kappa shape index (κ1) is 19.2. The number of carbonyl (C=O) groups is 2. The Morgan fingerprint density at radius 3 is 2.67 bits per heavy atom. The summed E-state index contributed by atoms with van der Waals surface area (Å²) >= 11 is 2.71. The average Bonchev–Trinajstić information content (AvgIpc) is 3.22. The van der Waals surface area contributed by atoms with E-state index in [1.807, 2.05) is 55.1 Å². The van der Waals surface area contributed by atoms with Crippen molar-refractivity contribution in [3.05, 3.63) is 53.2 Å². The smallest absolute Gasteiger partial charge is 0.341 e. The Morgan fingerprint density at radius 2 is 2.04 bits per heavy atom. The van der Waals surface area contributed by atoms with E-state index in [0.29, 0.717) is 10.6 Å². The van der Waals surface area contributed by atoms with Gasteiger partial charge in [0.25, 0.3) is 0 Å². The van der Waals surface area contributed by atoms with Gasteiger partial charge < -0.3 is 14.6 Å². The molecule has 0 unspecified atom stereocenters. The van der Waals surface area contributed by atoms with Crippen LogP contribution in [-0.4, -0.2) is 34.3 Å². The van der Waals surface area contributed by atoms with E-state index in [1.54, 1.807) is 6.20 Å². The van der Waals surface area contributed by atoms with Crippen molar-refractivity contribution in [2.75, 3.05) is 18.2 Å². The number of nitrogens with zero attached hydrogens (tertiary/aromatic N) is 2. The highest BCUT2D eigenvalue weighted by molar-refractivity contribution is 7.99. The summed E-state index contributed by atoms with van der Waals surface area (Å²) < 4.78 is 6.81. The fourth-order valence-corrected chi connectivity index (χ4v) is 4.48. The topological polar surface area (TPSA) is 73.2 Å². The van der Waals surface area contributed by atoms with Crippen molar-refractivity contribution in [1.29, 1.82) is 0 Å². The molecule has 0 radical (unpaired) electrons. The number of aryl methyl sites for hydroxylation is 2. The molecule has 0 spiro atoms. The average molecular weight is 402 g/mol. The third-order valence-corrected chi connectivity index (χ3v) is 5.98. The van der Waals surface area contributed by atoms with Crippen molar-refractivity contribution >= 4 is 40.0 Å². The lowest BCUT2D eigenvalue weighted by atomic mass is 10.0. The number of hydrogen-bond acceptors (Lipinski definition) is 6. The second-order valence-corrected chi connectivity index (χ2v) is 7.92. The van der Waals surface area contributed by atoms with Crippen molar-refractivity contribution in [1.82, 2.24) is 9.55 Å². The summed E-state index contributed by atoms with van der Waals surface area (Å²) in [6, 6.07) is 9.61. The molecule has 1 amide bonds. The molecule has 27 heavy (non-hydrogen) atoms. The normalized spacial score (nSPS) is 10.6. The maximum Gasteiger partial charge on any atom is 0.341 e. The number of amides is 1. The van der Waals surface area contributed by atoms with Crippen molar-refractivity contribution in [2.45, 2.75) is 12.1 Å². The van der Waals surface area contributed by atoms with Crippen molar-refractivity contribution < 1.29 is 14.3 Å². The fourth-order valence-electron chi connectivity index (χ4n) is 2.67. The van der Waals surface area contributed by atoms with Crippen LogP contribution in [0.15, 0.2) is 47.9 Å². The largest absolute Gasteiger partial charge is 0.465 e. The number of thioether (sulfide) groups is 1. The molecule has 0 aliphatic rings. The molecule has 0 saturated heterocycles. The zero-order valence-corrected chi connectivity index (χ0v) is 16.8. The van der Waals surface area contributed by atoms with Crippen LogP contribution in [0.1, 0.15) is 15.2 Å². The van der Waals surface area contributed by atoms with Gasteiger partial charge in [-0.25, -0.2) is 9.78 Å². The Morgan fingerprint density at radius 1 is 1.30 bits per heavy atom. The maximum atomic E-state index is 12.4. The fraction of sp³-hybridized carbons (Fsp3) is 0.211. The third kappa shape index (κ3) is 4.23. The molecule has 140 valence electrons. The summed E-state index contributed by atoms with van der Waals surface area (Å²) in [4.78, 5) is 30.0. The standard InChI is InChI=1S/C19H19N3O3S2/c1-12-15(13-7-5-4-6-8-13)16(18(24)25-3)17(27-12)21-14(23)11-26-19-20-9-10-22(19)2/h4-10H,11H2,1-3H3,(H,21,23). The summed E-state index contributed by atoms with van der Waals surface area (Å²) in [5, 5.41) is 4.12. The van der Waals surface area contributed by atoms with Gasteiger partial charge in [0.15, 0.2) is 5.16 Å². The lowest BCUT2D eigenvalue weighted by Crippen LogP contribution is -2.16. The zero-order valence-electron chi connectivity index (χ0n) is 15.2. The molecule has 0 saturated carbocycles. The minimum Gasteiger partial charge on any atom is -0.465 e. The van der Waals surface area contributed by atoms with E-state index < -0.39 is 5.97 Å². The van der Waals surface area contributed by atoms with Gasteiger partial charge in [-0.3, -0.25) is 4.79 Å². The van der Waals surface area contributed by atoms with Gasteiger partial charge in [-0.05, 0) is 12.5 Å². The number of thiophene rings is 1. The van der Waals surface area contributed by atoms with Crippen LogP contribution in [0.2, 0.25) is 0 Å². The molecular formula is C19H19N3O3S2. The first-order valence-corrected chi connectivity index (χ1v) is 9.98. The summed E-state index contributed by atoms with van der Waals surface area (Å²) in [6.07, 6.45) is 3.51. The molecule has 0 aliphatic heterocycles. The van der Waals surface area contributed by atoms with Gasteiger partial charge in [-0.2, -0.15) is 0 Å². The second kappa shape index (κ2) is 8.41. The van der Waals surface area contributed by atoms with E-state index in [1.165, 1.54) is 30.2 Å². The van der Waals surface area contributed by atoms with Gasteiger partial charge in [0.1, 0.15) is 10.6 Å². The predicted octanol–water partition coefficient (Wildman–Crippen LogP) is 3.97. The molecule has 2 heterocycles. The predicted molar refractivity (Wildman–Crippen MR) is 108 cm³/mol. The summed E-state index contributed by atoms with van der Waals surface area (Å²) in [5.41, 5.74) is 2.09. The Hall–Kier alpha value is -2.58. The number of benzene rings is 1. The van der Waals surface area contributed by atoms with Crippen LogP contribution < -0.4 is 5.32 Å². The van der Waals surface area contributed by atoms with E-state index in [0.717, 1.165) is 21.2 Å². The maximum absolute atomic E-state index is 12.4. The molecule has 3 rings (SSSR count). The van der Waals surface area contributed by atoms with Crippen molar-refractivity contribution in [3.8, 4) is 11.1 Å². The van der Waals surface area contributed by atoms with Crippen molar-refractivity contribution in [2.24, 2.45) is 7.05 Å². The number of methoxy groups -OCH3 is 1. The van der Waals surface area contributed by atoms with Crippen LogP contribution in [0.3, 0.4) is 0 Å². The van der Waals surface area contributed by atoms with Crippen LogP contribution in [-0.2, 0) is 16.6 Å².